The summed E-state index contributed by atoms with van der Waals surface area (Å²) in [6.45, 7) is 2.49. The number of urea groups is 1. The number of nitrogens with zero attached hydrogens (tertiary/aromatic N) is 2. The number of carbonyl (C=O) groups excluding carboxylic acids is 1. The first-order valence-electron chi connectivity index (χ1n) is 7.84. The highest BCUT2D eigenvalue weighted by Crippen LogP contribution is 2.20. The Morgan fingerprint density at radius 3 is 2.96 bits per heavy atom. The van der Waals surface area contributed by atoms with Crippen LogP contribution in [-0.2, 0) is 4.74 Å². The molecule has 0 bridgehead atoms. The summed E-state index contributed by atoms with van der Waals surface area (Å²) >= 11 is 1.77. The Hall–Kier alpha value is -1.73. The van der Waals surface area contributed by atoms with Crippen molar-refractivity contribution in [2.24, 2.45) is 0 Å². The van der Waals surface area contributed by atoms with Crippen LogP contribution in [-0.4, -0.2) is 59.2 Å². The van der Waals surface area contributed by atoms with Gasteiger partial charge in [0.1, 0.15) is 5.82 Å². The van der Waals surface area contributed by atoms with Crippen LogP contribution >= 0.6 is 11.8 Å². The summed E-state index contributed by atoms with van der Waals surface area (Å²) in [6.07, 6.45) is 2.91. The van der Waals surface area contributed by atoms with Crippen LogP contribution in [0.25, 0.3) is 11.0 Å². The van der Waals surface area contributed by atoms with Crippen LogP contribution < -0.4 is 5.32 Å². The fourth-order valence-corrected chi connectivity index (χ4v) is 3.13. The fourth-order valence-electron chi connectivity index (χ4n) is 2.66. The maximum absolute atomic E-state index is 12.5. The van der Waals surface area contributed by atoms with Crippen LogP contribution in [0.15, 0.2) is 24.3 Å². The molecule has 1 aromatic carbocycles. The monoisotopic (exact) mass is 334 g/mol. The smallest absolute Gasteiger partial charge is 0.318 e. The predicted molar refractivity (Wildman–Crippen MR) is 92.8 cm³/mol. The summed E-state index contributed by atoms with van der Waals surface area (Å²) in [5.41, 5.74) is 1.93. The molecule has 0 unspecified atom stereocenters. The number of thioether (sulfide) groups is 1. The van der Waals surface area contributed by atoms with E-state index < -0.39 is 0 Å². The number of benzene rings is 1. The summed E-state index contributed by atoms with van der Waals surface area (Å²) in [5.74, 6) is 1.78. The molecule has 1 fully saturated rings. The van der Waals surface area contributed by atoms with Crippen molar-refractivity contribution in [3.05, 3.63) is 30.1 Å². The number of imidazole rings is 1. The van der Waals surface area contributed by atoms with Gasteiger partial charge >= 0.3 is 6.03 Å². The maximum Gasteiger partial charge on any atom is 0.318 e. The normalized spacial score (nSPS) is 16.5. The number of H-pyrrole nitrogens is 1. The van der Waals surface area contributed by atoms with Gasteiger partial charge in [0.05, 0.1) is 30.3 Å². The molecule has 0 saturated carbocycles. The van der Waals surface area contributed by atoms with E-state index in [-0.39, 0.29) is 12.1 Å². The second-order valence-electron chi connectivity index (χ2n) is 5.52. The van der Waals surface area contributed by atoms with Gasteiger partial charge in [0.25, 0.3) is 0 Å². The number of aromatic nitrogens is 2. The Labute approximate surface area is 140 Å². The first-order valence-corrected chi connectivity index (χ1v) is 9.24. The third-order valence-electron chi connectivity index (χ3n) is 3.94. The van der Waals surface area contributed by atoms with Crippen molar-refractivity contribution >= 4 is 28.8 Å². The number of amides is 2. The van der Waals surface area contributed by atoms with Gasteiger partial charge in [-0.05, 0) is 30.6 Å². The average molecular weight is 334 g/mol. The van der Waals surface area contributed by atoms with Gasteiger partial charge < -0.3 is 19.9 Å². The van der Waals surface area contributed by atoms with E-state index in [9.17, 15) is 4.79 Å². The summed E-state index contributed by atoms with van der Waals surface area (Å²) < 4.78 is 5.30. The van der Waals surface area contributed by atoms with E-state index in [0.29, 0.717) is 26.3 Å². The molecular weight excluding hydrogens is 312 g/mol. The quantitative estimate of drug-likeness (QED) is 0.881. The van der Waals surface area contributed by atoms with Gasteiger partial charge in [0.15, 0.2) is 0 Å². The fraction of sp³-hybridized carbons (Fsp3) is 0.500. The zero-order chi connectivity index (χ0) is 16.1. The largest absolute Gasteiger partial charge is 0.378 e. The summed E-state index contributed by atoms with van der Waals surface area (Å²) in [7, 11) is 0. The SMILES string of the molecule is CSCC[C@@H](NC(=O)N1CCOCC1)c1nc2ccccc2[nH]1. The van der Waals surface area contributed by atoms with Crippen molar-refractivity contribution in [1.29, 1.82) is 0 Å². The van der Waals surface area contributed by atoms with Crippen molar-refractivity contribution in [3.63, 3.8) is 0 Å². The molecule has 3 rings (SSSR count). The van der Waals surface area contributed by atoms with Crippen LogP contribution in [0.4, 0.5) is 4.79 Å². The lowest BCUT2D eigenvalue weighted by Crippen LogP contribution is -2.47. The van der Waals surface area contributed by atoms with Crippen molar-refractivity contribution in [2.45, 2.75) is 12.5 Å². The highest BCUT2D eigenvalue weighted by Gasteiger charge is 2.22. The minimum Gasteiger partial charge on any atom is -0.378 e. The molecule has 6 nitrogen and oxygen atoms in total. The highest BCUT2D eigenvalue weighted by molar-refractivity contribution is 7.98. The number of fused-ring (bicyclic) bond motifs is 1. The molecule has 124 valence electrons. The molecule has 1 aliphatic rings. The first kappa shape index (κ1) is 16.1. The van der Waals surface area contributed by atoms with Crippen LogP contribution in [0.5, 0.6) is 0 Å². The molecule has 2 aromatic rings. The molecule has 7 heteroatoms. The van der Waals surface area contributed by atoms with Gasteiger partial charge in [-0.2, -0.15) is 11.8 Å². The third-order valence-corrected chi connectivity index (χ3v) is 4.59. The number of carbonyl (C=O) groups is 1. The number of aromatic amines is 1. The minimum atomic E-state index is -0.106. The molecule has 1 aromatic heterocycles. The first-order chi connectivity index (χ1) is 11.3. The summed E-state index contributed by atoms with van der Waals surface area (Å²) in [5, 5.41) is 3.12. The van der Waals surface area contributed by atoms with Gasteiger partial charge in [-0.15, -0.1) is 0 Å². The Balaban J connectivity index is 1.75. The number of rotatable bonds is 5. The molecule has 2 amide bonds. The Kier molecular flexibility index (Phi) is 5.40. The van der Waals surface area contributed by atoms with Gasteiger partial charge in [0, 0.05) is 13.1 Å². The molecular formula is C16H22N4O2S. The van der Waals surface area contributed by atoms with Crippen molar-refractivity contribution in [2.75, 3.05) is 38.3 Å². The predicted octanol–water partition coefficient (Wildman–Crippen LogP) is 2.40. The minimum absolute atomic E-state index is 0.0418. The van der Waals surface area contributed by atoms with E-state index in [0.717, 1.165) is 29.0 Å². The summed E-state index contributed by atoms with van der Waals surface area (Å²) in [6, 6.07) is 7.78. The van der Waals surface area contributed by atoms with Gasteiger partial charge in [-0.3, -0.25) is 0 Å². The molecule has 1 aliphatic heterocycles. The topological polar surface area (TPSA) is 70.2 Å². The van der Waals surface area contributed by atoms with Crippen LogP contribution in [0.3, 0.4) is 0 Å². The lowest BCUT2D eigenvalue weighted by atomic mass is 10.2. The van der Waals surface area contributed by atoms with E-state index in [1.165, 1.54) is 0 Å². The molecule has 1 atom stereocenters. The average Bonchev–Trinajstić information content (AvgIpc) is 3.03. The molecule has 0 radical (unpaired) electrons. The number of para-hydroxylation sites is 2. The second kappa shape index (κ2) is 7.70. The third kappa shape index (κ3) is 3.97. The Morgan fingerprint density at radius 2 is 2.22 bits per heavy atom. The van der Waals surface area contributed by atoms with E-state index >= 15 is 0 Å². The molecule has 0 aliphatic carbocycles. The van der Waals surface area contributed by atoms with Crippen molar-refractivity contribution in [1.82, 2.24) is 20.2 Å². The van der Waals surface area contributed by atoms with Crippen LogP contribution in [0, 0.1) is 0 Å². The van der Waals surface area contributed by atoms with Gasteiger partial charge in [-0.25, -0.2) is 9.78 Å². The zero-order valence-corrected chi connectivity index (χ0v) is 14.1. The molecule has 0 spiro atoms. The van der Waals surface area contributed by atoms with E-state index in [1.807, 2.05) is 24.3 Å². The Morgan fingerprint density at radius 1 is 1.43 bits per heavy atom. The number of hydrogen-bond donors (Lipinski definition) is 2. The second-order valence-corrected chi connectivity index (χ2v) is 6.51. The standard InChI is InChI=1S/C16H22N4O2S/c1-23-11-6-14(19-16(21)20-7-9-22-10-8-20)15-17-12-4-2-3-5-13(12)18-15/h2-5,14H,6-11H2,1H3,(H,17,18)(H,19,21)/t14-/m1/s1. The lowest BCUT2D eigenvalue weighted by Gasteiger charge is -2.28. The molecule has 2 heterocycles. The van der Waals surface area contributed by atoms with Gasteiger partial charge in [-0.1, -0.05) is 12.1 Å². The molecule has 2 N–H and O–H groups in total. The number of nitrogens with one attached hydrogen (secondary N) is 2. The molecule has 23 heavy (non-hydrogen) atoms. The number of hydrogen-bond acceptors (Lipinski definition) is 4. The number of morpholine rings is 1. The molecule has 1 saturated heterocycles. The van der Waals surface area contributed by atoms with Gasteiger partial charge in [0.2, 0.25) is 0 Å². The Bertz CT molecular complexity index is 621. The van der Waals surface area contributed by atoms with Crippen molar-refractivity contribution in [3.8, 4) is 0 Å². The summed E-state index contributed by atoms with van der Waals surface area (Å²) in [4.78, 5) is 22.3. The van der Waals surface area contributed by atoms with Crippen LogP contribution in [0.1, 0.15) is 18.3 Å². The maximum atomic E-state index is 12.5. The highest BCUT2D eigenvalue weighted by atomic mass is 32.2. The number of ether oxygens (including phenoxy) is 1. The van der Waals surface area contributed by atoms with E-state index in [4.69, 9.17) is 4.74 Å². The van der Waals surface area contributed by atoms with Crippen molar-refractivity contribution < 1.29 is 9.53 Å². The zero-order valence-electron chi connectivity index (χ0n) is 13.2. The van der Waals surface area contributed by atoms with E-state index in [1.54, 1.807) is 16.7 Å². The van der Waals surface area contributed by atoms with E-state index in [2.05, 4.69) is 21.5 Å². The lowest BCUT2D eigenvalue weighted by molar-refractivity contribution is 0.0524. The van der Waals surface area contributed by atoms with Crippen LogP contribution in [0.2, 0.25) is 0 Å².